The van der Waals surface area contributed by atoms with Crippen LogP contribution in [0.25, 0.3) is 16.9 Å². The van der Waals surface area contributed by atoms with Crippen LogP contribution in [-0.2, 0) is 15.0 Å². The molecule has 1 saturated carbocycles. The fourth-order valence-electron chi connectivity index (χ4n) is 4.88. The first-order valence-electron chi connectivity index (χ1n) is 13.3. The molecule has 2 aromatic carbocycles. The Hall–Kier alpha value is -3.79. The van der Waals surface area contributed by atoms with Crippen molar-refractivity contribution in [2.24, 2.45) is 5.92 Å². The predicted molar refractivity (Wildman–Crippen MR) is 151 cm³/mol. The lowest BCUT2D eigenvalue weighted by atomic mass is 10.0. The van der Waals surface area contributed by atoms with Crippen molar-refractivity contribution in [3.05, 3.63) is 71.7 Å². The number of aromatic nitrogens is 3. The largest absolute Gasteiger partial charge is 0.438 e. The SMILES string of the molecule is Cc1cc(-c2cnc3c(NCC4CC[SH+](=O)CC4)cc(Oc4ccc(F)cc4)nn23)ccc1C(=O)NC1CC1. The van der Waals surface area contributed by atoms with Gasteiger partial charge in [-0.25, -0.2) is 13.9 Å². The second-order valence-electron chi connectivity index (χ2n) is 10.4. The van der Waals surface area contributed by atoms with Gasteiger partial charge < -0.3 is 15.4 Å². The smallest absolute Gasteiger partial charge is 0.251 e. The van der Waals surface area contributed by atoms with Gasteiger partial charge in [-0.1, -0.05) is 6.07 Å². The summed E-state index contributed by atoms with van der Waals surface area (Å²) in [5.74, 6) is 2.38. The molecule has 3 heterocycles. The molecule has 0 unspecified atom stereocenters. The maximum atomic E-state index is 13.4. The number of rotatable bonds is 8. The zero-order chi connectivity index (χ0) is 26.9. The number of aryl methyl sites for hydroxylation is 1. The van der Waals surface area contributed by atoms with Crippen LogP contribution in [0.5, 0.6) is 11.6 Å². The van der Waals surface area contributed by atoms with Gasteiger partial charge in [-0.15, -0.1) is 9.31 Å². The van der Waals surface area contributed by atoms with Crippen molar-refractivity contribution in [2.45, 2.75) is 38.6 Å². The van der Waals surface area contributed by atoms with Gasteiger partial charge in [-0.2, -0.15) is 0 Å². The van der Waals surface area contributed by atoms with Crippen LogP contribution in [0.4, 0.5) is 10.1 Å². The van der Waals surface area contributed by atoms with Gasteiger partial charge in [0.15, 0.2) is 5.65 Å². The second-order valence-corrected chi connectivity index (χ2v) is 12.2. The Morgan fingerprint density at radius 1 is 1.10 bits per heavy atom. The Kier molecular flexibility index (Phi) is 7.03. The molecule has 2 fully saturated rings. The number of anilines is 1. The molecule has 2 aliphatic rings. The van der Waals surface area contributed by atoms with Crippen LogP contribution in [0.15, 0.2) is 54.7 Å². The molecule has 1 aliphatic heterocycles. The maximum Gasteiger partial charge on any atom is 0.251 e. The molecule has 4 aromatic rings. The summed E-state index contributed by atoms with van der Waals surface area (Å²) in [4.78, 5) is 17.3. The number of carbonyl (C=O) groups excluding carboxylic acids is 1. The van der Waals surface area contributed by atoms with Crippen molar-refractivity contribution < 1.29 is 18.1 Å². The average molecular weight is 549 g/mol. The van der Waals surface area contributed by atoms with E-state index in [0.717, 1.165) is 66.2 Å². The molecule has 0 spiro atoms. The molecular formula is C29H31FN5O3S+. The number of imidazole rings is 1. The van der Waals surface area contributed by atoms with Crippen molar-refractivity contribution >= 4 is 28.0 Å². The van der Waals surface area contributed by atoms with Crippen LogP contribution in [0.3, 0.4) is 0 Å². The lowest BCUT2D eigenvalue weighted by molar-refractivity contribution is 0.0950. The zero-order valence-electron chi connectivity index (χ0n) is 21.7. The molecular weight excluding hydrogens is 517 g/mol. The third-order valence-corrected chi connectivity index (χ3v) is 8.83. The summed E-state index contributed by atoms with van der Waals surface area (Å²) in [6.07, 6.45) is 5.70. The molecule has 0 radical (unpaired) electrons. The van der Waals surface area contributed by atoms with E-state index in [1.165, 1.54) is 12.1 Å². The summed E-state index contributed by atoms with van der Waals surface area (Å²) >= 11 is 0. The Labute approximate surface area is 228 Å². The molecule has 1 aliphatic carbocycles. The first kappa shape index (κ1) is 25.5. The molecule has 2 N–H and O–H groups in total. The number of amides is 1. The van der Waals surface area contributed by atoms with Gasteiger partial charge in [0.1, 0.15) is 23.1 Å². The topological polar surface area (TPSA) is 97.6 Å². The molecule has 8 nitrogen and oxygen atoms in total. The summed E-state index contributed by atoms with van der Waals surface area (Å²) in [5.41, 5.74) is 4.56. The summed E-state index contributed by atoms with van der Waals surface area (Å²) in [7, 11) is -1.06. The van der Waals surface area contributed by atoms with Gasteiger partial charge in [-0.3, -0.25) is 4.79 Å². The first-order valence-corrected chi connectivity index (χ1v) is 15.0. The Morgan fingerprint density at radius 3 is 2.59 bits per heavy atom. The fourth-order valence-corrected chi connectivity index (χ4v) is 6.41. The number of nitrogens with one attached hydrogen (secondary N) is 2. The zero-order valence-corrected chi connectivity index (χ0v) is 22.6. The summed E-state index contributed by atoms with van der Waals surface area (Å²) in [6.45, 7) is 2.65. The highest BCUT2D eigenvalue weighted by molar-refractivity contribution is 7.84. The van der Waals surface area contributed by atoms with E-state index >= 15 is 0 Å². The molecule has 1 saturated heterocycles. The standard InChI is InChI=1S/C29H30FN5O3S/c1-18-14-20(2-9-24(18)29(36)33-22-5-6-22)26-17-32-28-25(31-16-19-10-12-39(37)13-11-19)15-27(34-35(26)28)38-23-7-3-21(30)4-8-23/h2-4,7-9,14-15,17,19,22,31H,5-6,10-13,16H2,1H3,(H,33,36)/p+1. The summed E-state index contributed by atoms with van der Waals surface area (Å²) in [6, 6.07) is 13.6. The molecule has 39 heavy (non-hydrogen) atoms. The predicted octanol–water partition coefficient (Wildman–Crippen LogP) is 5.05. The molecule has 202 valence electrons. The van der Waals surface area contributed by atoms with Crippen molar-refractivity contribution in [1.82, 2.24) is 19.9 Å². The third kappa shape index (κ3) is 5.80. The highest BCUT2D eigenvalue weighted by Crippen LogP contribution is 2.31. The van der Waals surface area contributed by atoms with Gasteiger partial charge in [0.2, 0.25) is 5.88 Å². The quantitative estimate of drug-likeness (QED) is 0.236. The summed E-state index contributed by atoms with van der Waals surface area (Å²) in [5, 5.41) is 11.3. The second kappa shape index (κ2) is 10.8. The molecule has 6 rings (SSSR count). The van der Waals surface area contributed by atoms with Gasteiger partial charge in [-0.05, 0) is 80.5 Å². The average Bonchev–Trinajstić information content (AvgIpc) is 3.64. The third-order valence-electron chi connectivity index (χ3n) is 7.32. The molecule has 0 bridgehead atoms. The number of thiol groups is 1. The van der Waals surface area contributed by atoms with Crippen molar-refractivity contribution in [3.8, 4) is 22.9 Å². The highest BCUT2D eigenvalue weighted by atomic mass is 32.2. The summed E-state index contributed by atoms with van der Waals surface area (Å²) < 4.78 is 33.0. The van der Waals surface area contributed by atoms with Crippen LogP contribution in [0.2, 0.25) is 0 Å². The highest BCUT2D eigenvalue weighted by Gasteiger charge is 2.25. The molecule has 0 atom stereocenters. The Bertz CT molecular complexity index is 1540. The number of nitrogens with zero attached hydrogens (tertiary/aromatic N) is 3. The van der Waals surface area contributed by atoms with Crippen molar-refractivity contribution in [3.63, 3.8) is 0 Å². The minimum absolute atomic E-state index is 0.0495. The maximum absolute atomic E-state index is 13.4. The number of benzene rings is 2. The van der Waals surface area contributed by atoms with E-state index in [9.17, 15) is 13.4 Å². The minimum atomic E-state index is -1.06. The van der Waals surface area contributed by atoms with Gasteiger partial charge in [0.05, 0.1) is 28.4 Å². The normalized spacial score (nSPS) is 19.1. The number of fused-ring (bicyclic) bond motifs is 1. The van der Waals surface area contributed by atoms with Gasteiger partial charge in [0, 0.05) is 29.8 Å². The first-order chi connectivity index (χ1) is 18.9. The van der Waals surface area contributed by atoms with Gasteiger partial charge in [0.25, 0.3) is 5.91 Å². The fraction of sp³-hybridized carbons (Fsp3) is 0.345. The number of hydrogen-bond acceptors (Lipinski definition) is 6. The van der Waals surface area contributed by atoms with Crippen LogP contribution in [-0.4, -0.2) is 44.6 Å². The van der Waals surface area contributed by atoms with Crippen LogP contribution in [0.1, 0.15) is 41.6 Å². The Morgan fingerprint density at radius 2 is 1.87 bits per heavy atom. The minimum Gasteiger partial charge on any atom is -0.438 e. The Balaban J connectivity index is 1.33. The van der Waals surface area contributed by atoms with E-state index in [-0.39, 0.29) is 11.7 Å². The molecule has 2 aromatic heterocycles. The van der Waals surface area contributed by atoms with Crippen molar-refractivity contribution in [1.29, 1.82) is 0 Å². The van der Waals surface area contributed by atoms with Crippen LogP contribution < -0.4 is 15.4 Å². The van der Waals surface area contributed by atoms with E-state index in [2.05, 4.69) is 15.6 Å². The lowest BCUT2D eigenvalue weighted by Crippen LogP contribution is -2.26. The number of carbonyl (C=O) groups is 1. The van der Waals surface area contributed by atoms with Crippen LogP contribution >= 0.6 is 0 Å². The van der Waals surface area contributed by atoms with Gasteiger partial charge >= 0.3 is 0 Å². The van der Waals surface area contributed by atoms with Crippen molar-refractivity contribution in [2.75, 3.05) is 23.4 Å². The molecule has 1 amide bonds. The monoisotopic (exact) mass is 548 g/mol. The number of halogens is 1. The lowest BCUT2D eigenvalue weighted by Gasteiger charge is -2.20. The number of ether oxygens (including phenoxy) is 1. The van der Waals surface area contributed by atoms with E-state index in [1.54, 1.807) is 28.9 Å². The van der Waals surface area contributed by atoms with E-state index in [4.69, 9.17) is 9.84 Å². The number of hydrogen-bond donors (Lipinski definition) is 2. The van der Waals surface area contributed by atoms with E-state index in [0.29, 0.717) is 34.8 Å². The molecule has 10 heteroatoms. The van der Waals surface area contributed by atoms with E-state index < -0.39 is 10.8 Å². The van der Waals surface area contributed by atoms with E-state index in [1.807, 2.05) is 25.1 Å². The van der Waals surface area contributed by atoms with Crippen LogP contribution in [0, 0.1) is 18.7 Å².